The van der Waals surface area contributed by atoms with Gasteiger partial charge in [-0.3, -0.25) is 0 Å². The first-order chi connectivity index (χ1) is 5.29. The average molecular weight is 286 g/mol. The highest BCUT2D eigenvalue weighted by molar-refractivity contribution is 9.12. The molecule has 0 N–H and O–H groups in total. The second kappa shape index (κ2) is 2.20. The zero-order chi connectivity index (χ0) is 7.59. The van der Waals surface area contributed by atoms with Crippen LogP contribution in [0, 0.1) is 0 Å². The van der Waals surface area contributed by atoms with Crippen LogP contribution in [0.25, 0.3) is 0 Å². The van der Waals surface area contributed by atoms with E-state index in [1.807, 2.05) is 0 Å². The van der Waals surface area contributed by atoms with E-state index in [2.05, 4.69) is 31.9 Å². The molecule has 0 amide bonds. The first kappa shape index (κ1) is 7.26. The molecule has 6 unspecified atom stereocenters. The van der Waals surface area contributed by atoms with Gasteiger partial charge in [-0.2, -0.15) is 0 Å². The lowest BCUT2D eigenvalue weighted by molar-refractivity contribution is -0.381. The lowest BCUT2D eigenvalue weighted by Gasteiger charge is -2.38. The molecule has 62 valence electrons. The molecule has 0 radical (unpaired) electrons. The Kier molecular flexibility index (Phi) is 1.45. The van der Waals surface area contributed by atoms with Crippen molar-refractivity contribution in [2.45, 2.75) is 34.1 Å². The maximum absolute atomic E-state index is 5.40. The number of alkyl halides is 2. The molecule has 3 nitrogen and oxygen atoms in total. The molecule has 0 aromatic rings. The van der Waals surface area contributed by atoms with Gasteiger partial charge in [0.25, 0.3) is 0 Å². The van der Waals surface area contributed by atoms with Crippen LogP contribution in [-0.4, -0.2) is 34.1 Å². The van der Waals surface area contributed by atoms with Gasteiger partial charge in [-0.25, -0.2) is 9.78 Å². The van der Waals surface area contributed by atoms with E-state index in [4.69, 9.17) is 14.5 Å². The minimum Gasteiger partial charge on any atom is -0.364 e. The summed E-state index contributed by atoms with van der Waals surface area (Å²) < 4.78 is 5.40. The molecule has 11 heavy (non-hydrogen) atoms. The second-order valence-corrected chi connectivity index (χ2v) is 5.19. The van der Waals surface area contributed by atoms with Crippen molar-refractivity contribution in [2.75, 3.05) is 0 Å². The Morgan fingerprint density at radius 2 is 1.18 bits per heavy atom. The number of hydrogen-bond donors (Lipinski definition) is 0. The van der Waals surface area contributed by atoms with E-state index in [1.165, 1.54) is 0 Å². The number of fused-ring (bicyclic) bond motifs is 2. The van der Waals surface area contributed by atoms with Crippen LogP contribution in [0.1, 0.15) is 0 Å². The van der Waals surface area contributed by atoms with E-state index in [0.717, 1.165) is 0 Å². The van der Waals surface area contributed by atoms with E-state index in [0.29, 0.717) is 9.65 Å². The largest absolute Gasteiger partial charge is 0.364 e. The summed E-state index contributed by atoms with van der Waals surface area (Å²) in [5, 5.41) is 0. The summed E-state index contributed by atoms with van der Waals surface area (Å²) in [6, 6.07) is 0. The third-order valence-electron chi connectivity index (χ3n) is 2.42. The Morgan fingerprint density at radius 1 is 0.727 bits per heavy atom. The minimum absolute atomic E-state index is 0.0642. The fourth-order valence-electron chi connectivity index (χ4n) is 1.73. The summed E-state index contributed by atoms with van der Waals surface area (Å²) in [7, 11) is 0. The highest BCUT2D eigenvalue weighted by atomic mass is 79.9. The molecule has 3 aliphatic heterocycles. The molecule has 5 heteroatoms. The summed E-state index contributed by atoms with van der Waals surface area (Å²) in [6.45, 7) is 0. The topological polar surface area (TPSA) is 31.0 Å². The van der Waals surface area contributed by atoms with Gasteiger partial charge in [-0.1, -0.05) is 31.9 Å². The number of rotatable bonds is 0. The van der Waals surface area contributed by atoms with Crippen LogP contribution in [-0.2, 0) is 14.5 Å². The van der Waals surface area contributed by atoms with E-state index in [9.17, 15) is 0 Å². The summed E-state index contributed by atoms with van der Waals surface area (Å²) in [5.41, 5.74) is 0. The molecular weight excluding hydrogens is 280 g/mol. The van der Waals surface area contributed by atoms with E-state index >= 15 is 0 Å². The summed E-state index contributed by atoms with van der Waals surface area (Å²) in [5.74, 6) is 0. The number of epoxide rings is 1. The fourth-order valence-corrected chi connectivity index (χ4v) is 3.11. The van der Waals surface area contributed by atoms with Crippen molar-refractivity contribution in [2.24, 2.45) is 0 Å². The predicted octanol–water partition coefficient (Wildman–Crippen LogP) is 0.993. The van der Waals surface area contributed by atoms with Crippen LogP contribution in [0.5, 0.6) is 0 Å². The third-order valence-corrected chi connectivity index (χ3v) is 5.31. The lowest BCUT2D eigenvalue weighted by Crippen LogP contribution is -2.56. The van der Waals surface area contributed by atoms with Gasteiger partial charge in [0, 0.05) is 0 Å². The molecule has 1 saturated carbocycles. The normalized spacial score (nSPS) is 66.0. The van der Waals surface area contributed by atoms with Crippen molar-refractivity contribution in [3.8, 4) is 0 Å². The molecule has 3 saturated heterocycles. The van der Waals surface area contributed by atoms with E-state index in [-0.39, 0.29) is 24.4 Å². The smallest absolute Gasteiger partial charge is 0.135 e. The molecule has 0 spiro atoms. The molecule has 0 aromatic carbocycles. The molecule has 4 aliphatic rings. The van der Waals surface area contributed by atoms with Gasteiger partial charge in [-0.15, -0.1) is 0 Å². The van der Waals surface area contributed by atoms with Crippen molar-refractivity contribution >= 4 is 31.9 Å². The third kappa shape index (κ3) is 0.836. The second-order valence-electron chi connectivity index (χ2n) is 3.08. The molecule has 0 aromatic heterocycles. The molecular formula is C6H6Br2O3. The van der Waals surface area contributed by atoms with Crippen LogP contribution in [0.2, 0.25) is 0 Å². The quantitative estimate of drug-likeness (QED) is 0.378. The Balaban J connectivity index is 1.94. The van der Waals surface area contributed by atoms with E-state index < -0.39 is 0 Å². The zero-order valence-corrected chi connectivity index (χ0v) is 8.62. The van der Waals surface area contributed by atoms with E-state index in [1.54, 1.807) is 0 Å². The Labute approximate surface area is 80.6 Å². The van der Waals surface area contributed by atoms with Crippen molar-refractivity contribution < 1.29 is 14.5 Å². The van der Waals surface area contributed by atoms with Crippen molar-refractivity contribution in [1.29, 1.82) is 0 Å². The first-order valence-corrected chi connectivity index (χ1v) is 5.38. The Morgan fingerprint density at radius 3 is 1.64 bits per heavy atom. The maximum Gasteiger partial charge on any atom is 0.135 e. The standard InChI is InChI=1S/C6H6Br2O3/c7-1-2(8)4-6-5(9-6)3(1)10-11-4/h1-6H. The van der Waals surface area contributed by atoms with Gasteiger partial charge >= 0.3 is 0 Å². The lowest BCUT2D eigenvalue weighted by atomic mass is 9.94. The van der Waals surface area contributed by atoms with Crippen LogP contribution >= 0.6 is 31.9 Å². The number of hydrogen-bond acceptors (Lipinski definition) is 3. The number of halogens is 2. The number of ether oxygens (including phenoxy) is 1. The van der Waals surface area contributed by atoms with Crippen molar-refractivity contribution in [3.05, 3.63) is 0 Å². The van der Waals surface area contributed by atoms with Crippen LogP contribution in [0.3, 0.4) is 0 Å². The summed E-state index contributed by atoms with van der Waals surface area (Å²) >= 11 is 7.09. The Hall–Kier alpha value is 0.840. The highest BCUT2D eigenvalue weighted by Crippen LogP contribution is 2.49. The van der Waals surface area contributed by atoms with Crippen LogP contribution in [0.4, 0.5) is 0 Å². The minimum atomic E-state index is 0.0642. The summed E-state index contributed by atoms with van der Waals surface area (Å²) in [4.78, 5) is 10.8. The predicted molar refractivity (Wildman–Crippen MR) is 43.8 cm³/mol. The fraction of sp³-hybridized carbons (Fsp3) is 1.00. The Bertz CT molecular complexity index is 180. The van der Waals surface area contributed by atoms with Gasteiger partial charge in [-0.05, 0) is 0 Å². The van der Waals surface area contributed by atoms with Crippen molar-refractivity contribution in [1.82, 2.24) is 0 Å². The molecule has 1 aliphatic carbocycles. The molecule has 4 fully saturated rings. The monoisotopic (exact) mass is 284 g/mol. The maximum atomic E-state index is 5.40. The average Bonchev–Trinajstić information content (AvgIpc) is 2.76. The van der Waals surface area contributed by atoms with Crippen LogP contribution < -0.4 is 0 Å². The van der Waals surface area contributed by atoms with Gasteiger partial charge in [0.1, 0.15) is 24.4 Å². The van der Waals surface area contributed by atoms with Gasteiger partial charge in [0.2, 0.25) is 0 Å². The van der Waals surface area contributed by atoms with Gasteiger partial charge < -0.3 is 4.74 Å². The summed E-state index contributed by atoms with van der Waals surface area (Å²) in [6.07, 6.45) is 0.669. The zero-order valence-electron chi connectivity index (χ0n) is 5.44. The van der Waals surface area contributed by atoms with Crippen LogP contribution in [0.15, 0.2) is 0 Å². The molecule has 6 atom stereocenters. The highest BCUT2D eigenvalue weighted by Gasteiger charge is 2.65. The van der Waals surface area contributed by atoms with Gasteiger partial charge in [0.05, 0.1) is 9.65 Å². The van der Waals surface area contributed by atoms with Crippen molar-refractivity contribution in [3.63, 3.8) is 0 Å². The van der Waals surface area contributed by atoms with Gasteiger partial charge in [0.15, 0.2) is 0 Å². The molecule has 2 bridgehead atoms. The SMILES string of the molecule is BrC1C(Br)C2OOC1C1OC21. The first-order valence-electron chi connectivity index (χ1n) is 3.55. The molecule has 3 heterocycles. The molecule has 4 rings (SSSR count).